The standard InChI is InChI=1S/C11H20N2O2/c1-8(14)10(12)6-4-5-7-11(13-3)9(2)15/h4-5,10-11,13H,6-7,12H2,1-3H3/t10-,11+/m0/s1. The van der Waals surface area contributed by atoms with Gasteiger partial charge in [-0.05, 0) is 33.7 Å². The van der Waals surface area contributed by atoms with E-state index < -0.39 is 6.04 Å². The first kappa shape index (κ1) is 14.0. The Morgan fingerprint density at radius 1 is 1.20 bits per heavy atom. The van der Waals surface area contributed by atoms with Crippen molar-refractivity contribution in [2.75, 3.05) is 7.05 Å². The van der Waals surface area contributed by atoms with Crippen LogP contribution in [-0.4, -0.2) is 30.7 Å². The topological polar surface area (TPSA) is 72.2 Å². The van der Waals surface area contributed by atoms with Gasteiger partial charge in [-0.15, -0.1) is 0 Å². The number of nitrogens with two attached hydrogens (primary N) is 1. The smallest absolute Gasteiger partial charge is 0.146 e. The van der Waals surface area contributed by atoms with E-state index in [0.29, 0.717) is 12.8 Å². The summed E-state index contributed by atoms with van der Waals surface area (Å²) < 4.78 is 0. The summed E-state index contributed by atoms with van der Waals surface area (Å²) in [5.41, 5.74) is 5.54. The van der Waals surface area contributed by atoms with Crippen molar-refractivity contribution in [2.45, 2.75) is 38.8 Å². The van der Waals surface area contributed by atoms with E-state index in [4.69, 9.17) is 5.73 Å². The summed E-state index contributed by atoms with van der Waals surface area (Å²) in [6.45, 7) is 3.03. The number of carbonyl (C=O) groups excluding carboxylic acids is 2. The summed E-state index contributed by atoms with van der Waals surface area (Å²) in [6.07, 6.45) is 4.89. The van der Waals surface area contributed by atoms with Crippen molar-refractivity contribution >= 4 is 11.6 Å². The summed E-state index contributed by atoms with van der Waals surface area (Å²) in [5, 5.41) is 2.91. The van der Waals surface area contributed by atoms with Crippen molar-refractivity contribution in [2.24, 2.45) is 5.73 Å². The third kappa shape index (κ3) is 6.14. The van der Waals surface area contributed by atoms with E-state index in [1.54, 1.807) is 14.0 Å². The molecule has 0 unspecified atom stereocenters. The average Bonchev–Trinajstić information content (AvgIpc) is 2.16. The van der Waals surface area contributed by atoms with E-state index in [1.165, 1.54) is 6.92 Å². The van der Waals surface area contributed by atoms with Gasteiger partial charge in [-0.2, -0.15) is 0 Å². The summed E-state index contributed by atoms with van der Waals surface area (Å²) in [7, 11) is 1.75. The molecule has 0 heterocycles. The predicted octanol–water partition coefficient (Wildman–Crippen LogP) is 0.416. The number of ketones is 2. The van der Waals surface area contributed by atoms with Gasteiger partial charge in [-0.25, -0.2) is 0 Å². The third-order valence-corrected chi connectivity index (χ3v) is 2.29. The van der Waals surface area contributed by atoms with E-state index in [0.717, 1.165) is 0 Å². The molecule has 0 aromatic carbocycles. The zero-order valence-corrected chi connectivity index (χ0v) is 9.62. The number of nitrogens with one attached hydrogen (secondary N) is 1. The fraction of sp³-hybridized carbons (Fsp3) is 0.636. The number of hydrogen-bond donors (Lipinski definition) is 2. The molecular weight excluding hydrogens is 192 g/mol. The zero-order chi connectivity index (χ0) is 11.8. The number of likely N-dealkylation sites (N-methyl/N-ethyl adjacent to an activating group) is 1. The Labute approximate surface area is 90.9 Å². The summed E-state index contributed by atoms with van der Waals surface area (Å²) in [4.78, 5) is 21.8. The summed E-state index contributed by atoms with van der Waals surface area (Å²) >= 11 is 0. The highest BCUT2D eigenvalue weighted by atomic mass is 16.1. The first-order valence-corrected chi connectivity index (χ1v) is 5.07. The highest BCUT2D eigenvalue weighted by molar-refractivity contribution is 5.82. The molecule has 0 rings (SSSR count). The number of carbonyl (C=O) groups is 2. The van der Waals surface area contributed by atoms with E-state index in [9.17, 15) is 9.59 Å². The molecule has 3 N–H and O–H groups in total. The lowest BCUT2D eigenvalue weighted by Gasteiger charge is -2.09. The maximum Gasteiger partial charge on any atom is 0.146 e. The van der Waals surface area contributed by atoms with Crippen molar-refractivity contribution < 1.29 is 9.59 Å². The molecule has 0 spiro atoms. The monoisotopic (exact) mass is 212 g/mol. The Morgan fingerprint density at radius 3 is 2.13 bits per heavy atom. The van der Waals surface area contributed by atoms with Gasteiger partial charge in [0, 0.05) is 0 Å². The second kappa shape index (κ2) is 7.31. The van der Waals surface area contributed by atoms with Crippen molar-refractivity contribution in [3.05, 3.63) is 12.2 Å². The maximum atomic E-state index is 11.0. The molecule has 4 nitrogen and oxygen atoms in total. The van der Waals surface area contributed by atoms with Crippen molar-refractivity contribution in [3.63, 3.8) is 0 Å². The van der Waals surface area contributed by atoms with Gasteiger partial charge in [0.1, 0.15) is 11.6 Å². The molecule has 2 atom stereocenters. The largest absolute Gasteiger partial charge is 0.321 e. The van der Waals surface area contributed by atoms with Crippen LogP contribution in [0.25, 0.3) is 0 Å². The normalized spacial score (nSPS) is 15.2. The first-order chi connectivity index (χ1) is 6.99. The summed E-state index contributed by atoms with van der Waals surface area (Å²) in [5.74, 6) is 0.0920. The Bertz CT molecular complexity index is 249. The second-order valence-electron chi connectivity index (χ2n) is 3.61. The Morgan fingerprint density at radius 2 is 1.73 bits per heavy atom. The van der Waals surface area contributed by atoms with E-state index in [2.05, 4.69) is 5.32 Å². The van der Waals surface area contributed by atoms with Gasteiger partial charge in [0.05, 0.1) is 12.1 Å². The van der Waals surface area contributed by atoms with Crippen LogP contribution in [0.3, 0.4) is 0 Å². The lowest BCUT2D eigenvalue weighted by Crippen LogP contribution is -2.31. The lowest BCUT2D eigenvalue weighted by molar-refractivity contribution is -0.119. The van der Waals surface area contributed by atoms with Gasteiger partial charge in [-0.3, -0.25) is 9.59 Å². The van der Waals surface area contributed by atoms with Gasteiger partial charge in [-0.1, -0.05) is 12.2 Å². The second-order valence-corrected chi connectivity index (χ2v) is 3.61. The SMILES string of the molecule is CN[C@H](CC=CC[C@H](N)C(C)=O)C(C)=O. The van der Waals surface area contributed by atoms with Crippen LogP contribution in [0.5, 0.6) is 0 Å². The fourth-order valence-corrected chi connectivity index (χ4v) is 1.13. The molecule has 4 heteroatoms. The molecule has 0 aliphatic rings. The van der Waals surface area contributed by atoms with Crippen molar-refractivity contribution in [1.82, 2.24) is 5.32 Å². The summed E-state index contributed by atoms with van der Waals surface area (Å²) in [6, 6.07) is -0.568. The molecule has 86 valence electrons. The van der Waals surface area contributed by atoms with Crippen LogP contribution in [-0.2, 0) is 9.59 Å². The lowest BCUT2D eigenvalue weighted by atomic mass is 10.1. The van der Waals surface area contributed by atoms with Gasteiger partial charge < -0.3 is 11.1 Å². The molecule has 0 aromatic rings. The van der Waals surface area contributed by atoms with Crippen LogP contribution >= 0.6 is 0 Å². The van der Waals surface area contributed by atoms with Gasteiger partial charge in [0.15, 0.2) is 0 Å². The average molecular weight is 212 g/mol. The highest BCUT2D eigenvalue weighted by Gasteiger charge is 2.09. The van der Waals surface area contributed by atoms with Crippen LogP contribution in [0.2, 0.25) is 0 Å². The Hall–Kier alpha value is -1.00. The van der Waals surface area contributed by atoms with Crippen LogP contribution in [0.4, 0.5) is 0 Å². The molecule has 0 radical (unpaired) electrons. The van der Waals surface area contributed by atoms with Crippen molar-refractivity contribution in [1.29, 1.82) is 0 Å². The number of Topliss-reactive ketones (excluding diaryl/α,β-unsaturated/α-hetero) is 2. The molecule has 0 bridgehead atoms. The van der Waals surface area contributed by atoms with Crippen LogP contribution in [0, 0.1) is 0 Å². The fourth-order valence-electron chi connectivity index (χ4n) is 1.13. The molecule has 0 saturated carbocycles. The van der Waals surface area contributed by atoms with Crippen LogP contribution in [0.1, 0.15) is 26.7 Å². The van der Waals surface area contributed by atoms with E-state index >= 15 is 0 Å². The van der Waals surface area contributed by atoms with Crippen LogP contribution in [0.15, 0.2) is 12.2 Å². The van der Waals surface area contributed by atoms with E-state index in [1.807, 2.05) is 12.2 Å². The number of rotatable bonds is 7. The highest BCUT2D eigenvalue weighted by Crippen LogP contribution is 1.98. The Balaban J connectivity index is 3.88. The molecule has 0 aromatic heterocycles. The first-order valence-electron chi connectivity index (χ1n) is 5.07. The van der Waals surface area contributed by atoms with Gasteiger partial charge in [0.25, 0.3) is 0 Å². The Kier molecular flexibility index (Phi) is 6.83. The molecule has 0 aliphatic carbocycles. The van der Waals surface area contributed by atoms with E-state index in [-0.39, 0.29) is 17.6 Å². The van der Waals surface area contributed by atoms with Gasteiger partial charge >= 0.3 is 0 Å². The number of hydrogen-bond acceptors (Lipinski definition) is 4. The quantitative estimate of drug-likeness (QED) is 0.600. The minimum absolute atomic E-state index is 0.0172. The molecule has 0 amide bonds. The predicted molar refractivity (Wildman–Crippen MR) is 60.6 cm³/mol. The minimum atomic E-state index is -0.424. The van der Waals surface area contributed by atoms with Crippen molar-refractivity contribution in [3.8, 4) is 0 Å². The molecule has 0 fully saturated rings. The molecule has 0 saturated heterocycles. The maximum absolute atomic E-state index is 11.0. The minimum Gasteiger partial charge on any atom is -0.321 e. The molecule has 0 aliphatic heterocycles. The van der Waals surface area contributed by atoms with Crippen LogP contribution < -0.4 is 11.1 Å². The zero-order valence-electron chi connectivity index (χ0n) is 9.62. The molecule has 15 heavy (non-hydrogen) atoms. The molecular formula is C11H20N2O2. The van der Waals surface area contributed by atoms with Gasteiger partial charge in [0.2, 0.25) is 0 Å². The third-order valence-electron chi connectivity index (χ3n) is 2.29.